The average Bonchev–Trinajstić information content (AvgIpc) is 2.68. The third kappa shape index (κ3) is 4.03. The van der Waals surface area contributed by atoms with Gasteiger partial charge in [0.05, 0.1) is 24.8 Å². The second kappa shape index (κ2) is 8.29. The van der Waals surface area contributed by atoms with Gasteiger partial charge in [0.2, 0.25) is 0 Å². The Balaban J connectivity index is 1.83. The van der Waals surface area contributed by atoms with Crippen molar-refractivity contribution >= 4 is 11.6 Å². The van der Waals surface area contributed by atoms with E-state index in [4.69, 9.17) is 4.74 Å². The highest BCUT2D eigenvalue weighted by atomic mass is 16.5. The number of amides is 1. The van der Waals surface area contributed by atoms with E-state index in [0.717, 1.165) is 16.8 Å². The zero-order valence-corrected chi connectivity index (χ0v) is 15.3. The number of morpholine rings is 1. The zero-order chi connectivity index (χ0) is 18.5. The van der Waals surface area contributed by atoms with E-state index in [-0.39, 0.29) is 18.6 Å². The second-order valence-electron chi connectivity index (χ2n) is 6.64. The number of aromatic nitrogens is 1. The van der Waals surface area contributed by atoms with Gasteiger partial charge in [-0.1, -0.05) is 12.1 Å². The van der Waals surface area contributed by atoms with Crippen LogP contribution >= 0.6 is 0 Å². The number of aliphatic hydroxyl groups excluding tert-OH is 1. The van der Waals surface area contributed by atoms with Crippen LogP contribution in [-0.4, -0.2) is 67.4 Å². The molecule has 138 valence electrons. The molecule has 1 aliphatic rings. The van der Waals surface area contributed by atoms with E-state index in [9.17, 15) is 9.90 Å². The summed E-state index contributed by atoms with van der Waals surface area (Å²) in [5.41, 5.74) is 3.61. The monoisotopic (exact) mass is 355 g/mol. The SMILES string of the molecule is CN(C)c1ccc(-c2cncc(C(=O)N3CCOCC3CCO)c2)cc1. The highest BCUT2D eigenvalue weighted by Crippen LogP contribution is 2.24. The fraction of sp³-hybridized carbons (Fsp3) is 0.400. The lowest BCUT2D eigenvalue weighted by molar-refractivity contribution is -0.00831. The predicted octanol–water partition coefficient (Wildman–Crippen LogP) is 2.04. The van der Waals surface area contributed by atoms with Crippen LogP contribution in [0.25, 0.3) is 11.1 Å². The molecule has 3 rings (SSSR count). The lowest BCUT2D eigenvalue weighted by Gasteiger charge is -2.35. The molecule has 2 aromatic rings. The summed E-state index contributed by atoms with van der Waals surface area (Å²) in [6.07, 6.45) is 3.89. The van der Waals surface area contributed by atoms with Gasteiger partial charge in [0.15, 0.2) is 0 Å². The average molecular weight is 355 g/mol. The van der Waals surface area contributed by atoms with Gasteiger partial charge in [0.1, 0.15) is 0 Å². The van der Waals surface area contributed by atoms with Crippen LogP contribution in [0.15, 0.2) is 42.7 Å². The number of pyridine rings is 1. The molecule has 1 saturated heterocycles. The number of ether oxygens (including phenoxy) is 1. The molecule has 1 aromatic heterocycles. The maximum atomic E-state index is 13.0. The molecule has 0 radical (unpaired) electrons. The molecule has 0 spiro atoms. The molecule has 26 heavy (non-hydrogen) atoms. The Morgan fingerprint density at radius 1 is 1.27 bits per heavy atom. The molecule has 1 N–H and O–H groups in total. The van der Waals surface area contributed by atoms with Crippen molar-refractivity contribution in [3.05, 3.63) is 48.3 Å². The van der Waals surface area contributed by atoms with Crippen molar-refractivity contribution in [1.82, 2.24) is 9.88 Å². The van der Waals surface area contributed by atoms with Gasteiger partial charge in [-0.15, -0.1) is 0 Å². The highest BCUT2D eigenvalue weighted by Gasteiger charge is 2.28. The summed E-state index contributed by atoms with van der Waals surface area (Å²) in [6, 6.07) is 9.94. The summed E-state index contributed by atoms with van der Waals surface area (Å²) in [6.45, 7) is 1.55. The van der Waals surface area contributed by atoms with E-state index in [1.54, 1.807) is 17.3 Å². The number of nitrogens with zero attached hydrogens (tertiary/aromatic N) is 3. The van der Waals surface area contributed by atoms with E-state index < -0.39 is 0 Å². The Kier molecular flexibility index (Phi) is 5.85. The van der Waals surface area contributed by atoms with Gasteiger partial charge in [0, 0.05) is 50.9 Å². The molecule has 1 amide bonds. The Bertz CT molecular complexity index is 744. The number of benzene rings is 1. The van der Waals surface area contributed by atoms with Gasteiger partial charge in [-0.05, 0) is 30.2 Å². The van der Waals surface area contributed by atoms with Crippen molar-refractivity contribution in [2.75, 3.05) is 45.4 Å². The first kappa shape index (κ1) is 18.4. The minimum Gasteiger partial charge on any atom is -0.396 e. The fourth-order valence-electron chi connectivity index (χ4n) is 3.14. The number of anilines is 1. The first-order valence-corrected chi connectivity index (χ1v) is 8.82. The molecule has 0 bridgehead atoms. The highest BCUT2D eigenvalue weighted by molar-refractivity contribution is 5.95. The maximum Gasteiger partial charge on any atom is 0.255 e. The fourth-order valence-corrected chi connectivity index (χ4v) is 3.14. The molecular weight excluding hydrogens is 330 g/mol. The first-order valence-electron chi connectivity index (χ1n) is 8.82. The molecule has 1 unspecified atom stereocenters. The summed E-state index contributed by atoms with van der Waals surface area (Å²) >= 11 is 0. The zero-order valence-electron chi connectivity index (χ0n) is 15.3. The molecule has 1 aliphatic heterocycles. The number of aliphatic hydroxyl groups is 1. The number of hydrogen-bond donors (Lipinski definition) is 1. The lowest BCUT2D eigenvalue weighted by Crippen LogP contribution is -2.49. The van der Waals surface area contributed by atoms with Crippen LogP contribution in [0.3, 0.4) is 0 Å². The van der Waals surface area contributed by atoms with E-state index in [0.29, 0.717) is 31.7 Å². The van der Waals surface area contributed by atoms with Crippen LogP contribution in [0.2, 0.25) is 0 Å². The minimum absolute atomic E-state index is 0.0360. The summed E-state index contributed by atoms with van der Waals surface area (Å²) in [4.78, 5) is 21.1. The van der Waals surface area contributed by atoms with Gasteiger partial charge in [0.25, 0.3) is 5.91 Å². The summed E-state index contributed by atoms with van der Waals surface area (Å²) < 4.78 is 5.45. The van der Waals surface area contributed by atoms with Crippen LogP contribution < -0.4 is 4.90 Å². The maximum absolute atomic E-state index is 13.0. The molecule has 6 heteroatoms. The molecular formula is C20H25N3O3. The van der Waals surface area contributed by atoms with Crippen LogP contribution in [-0.2, 0) is 4.74 Å². The van der Waals surface area contributed by atoms with Crippen molar-refractivity contribution in [2.45, 2.75) is 12.5 Å². The quantitative estimate of drug-likeness (QED) is 0.889. The largest absolute Gasteiger partial charge is 0.396 e. The number of rotatable bonds is 5. The number of carbonyl (C=O) groups is 1. The minimum atomic E-state index is -0.0933. The Morgan fingerprint density at radius 3 is 2.73 bits per heavy atom. The topological polar surface area (TPSA) is 65.9 Å². The smallest absolute Gasteiger partial charge is 0.255 e. The molecule has 2 heterocycles. The van der Waals surface area contributed by atoms with E-state index in [2.05, 4.69) is 4.98 Å². The van der Waals surface area contributed by atoms with Crippen LogP contribution in [0, 0.1) is 0 Å². The third-order valence-electron chi connectivity index (χ3n) is 4.65. The van der Waals surface area contributed by atoms with Crippen LogP contribution in [0.4, 0.5) is 5.69 Å². The molecule has 1 aromatic carbocycles. The number of carbonyl (C=O) groups excluding carboxylic acids is 1. The van der Waals surface area contributed by atoms with E-state index >= 15 is 0 Å². The standard InChI is InChI=1S/C20H25N3O3/c1-22(2)18-5-3-15(4-6-18)16-11-17(13-21-12-16)20(25)23-8-10-26-14-19(23)7-9-24/h3-6,11-13,19,24H,7-10,14H2,1-2H3. The van der Waals surface area contributed by atoms with Crippen LogP contribution in [0.1, 0.15) is 16.8 Å². The van der Waals surface area contributed by atoms with E-state index in [1.165, 1.54) is 0 Å². The summed E-state index contributed by atoms with van der Waals surface area (Å²) in [7, 11) is 4.00. The molecule has 1 fully saturated rings. The van der Waals surface area contributed by atoms with Gasteiger partial charge in [-0.25, -0.2) is 0 Å². The van der Waals surface area contributed by atoms with Crippen molar-refractivity contribution in [3.8, 4) is 11.1 Å². The summed E-state index contributed by atoms with van der Waals surface area (Å²) in [5, 5.41) is 9.23. The molecule has 0 aliphatic carbocycles. The lowest BCUT2D eigenvalue weighted by atomic mass is 10.0. The normalized spacial score (nSPS) is 17.2. The molecule has 1 atom stereocenters. The van der Waals surface area contributed by atoms with Crippen molar-refractivity contribution in [2.24, 2.45) is 0 Å². The van der Waals surface area contributed by atoms with Gasteiger partial charge in [-0.3, -0.25) is 9.78 Å². The van der Waals surface area contributed by atoms with E-state index in [1.807, 2.05) is 49.3 Å². The second-order valence-corrected chi connectivity index (χ2v) is 6.64. The Hall–Kier alpha value is -2.44. The van der Waals surface area contributed by atoms with Crippen molar-refractivity contribution < 1.29 is 14.6 Å². The van der Waals surface area contributed by atoms with Crippen LogP contribution in [0.5, 0.6) is 0 Å². The third-order valence-corrected chi connectivity index (χ3v) is 4.65. The Morgan fingerprint density at radius 2 is 2.04 bits per heavy atom. The number of hydrogen-bond acceptors (Lipinski definition) is 5. The predicted molar refractivity (Wildman–Crippen MR) is 101 cm³/mol. The van der Waals surface area contributed by atoms with Gasteiger partial charge >= 0.3 is 0 Å². The van der Waals surface area contributed by atoms with Gasteiger partial charge in [-0.2, -0.15) is 0 Å². The van der Waals surface area contributed by atoms with Crippen molar-refractivity contribution in [3.63, 3.8) is 0 Å². The summed E-state index contributed by atoms with van der Waals surface area (Å²) in [5.74, 6) is -0.0639. The molecule has 6 nitrogen and oxygen atoms in total. The Labute approximate surface area is 154 Å². The molecule has 0 saturated carbocycles. The van der Waals surface area contributed by atoms with Gasteiger partial charge < -0.3 is 19.6 Å². The first-order chi connectivity index (χ1) is 12.6. The van der Waals surface area contributed by atoms with Crippen molar-refractivity contribution in [1.29, 1.82) is 0 Å².